The third-order valence-electron chi connectivity index (χ3n) is 6.01. The van der Waals surface area contributed by atoms with Crippen molar-refractivity contribution < 1.29 is 13.9 Å². The summed E-state index contributed by atoms with van der Waals surface area (Å²) >= 11 is 6.17. The van der Waals surface area contributed by atoms with Crippen LogP contribution < -0.4 is 10.1 Å². The Bertz CT molecular complexity index is 1120. The zero-order chi connectivity index (χ0) is 23.4. The Balaban J connectivity index is 1.74. The Morgan fingerprint density at radius 3 is 2.61 bits per heavy atom. The van der Waals surface area contributed by atoms with Crippen molar-refractivity contribution in [3.8, 4) is 17.0 Å². The average molecular weight is 470 g/mol. The van der Waals surface area contributed by atoms with Crippen molar-refractivity contribution in [1.82, 2.24) is 9.97 Å². The van der Waals surface area contributed by atoms with Crippen LogP contribution in [0.25, 0.3) is 11.3 Å². The van der Waals surface area contributed by atoms with E-state index in [9.17, 15) is 4.39 Å². The molecule has 0 aliphatic heterocycles. The molecule has 0 spiro atoms. The summed E-state index contributed by atoms with van der Waals surface area (Å²) in [5.41, 5.74) is 5.75. The number of halogens is 2. The van der Waals surface area contributed by atoms with Crippen molar-refractivity contribution in [3.05, 3.63) is 70.0 Å². The second-order valence-electron chi connectivity index (χ2n) is 7.99. The predicted molar refractivity (Wildman–Crippen MR) is 130 cm³/mol. The van der Waals surface area contributed by atoms with Gasteiger partial charge in [-0.1, -0.05) is 49.7 Å². The molecule has 1 aliphatic rings. The van der Waals surface area contributed by atoms with Crippen molar-refractivity contribution in [2.75, 3.05) is 25.7 Å². The minimum Gasteiger partial charge on any atom is -0.496 e. The highest BCUT2D eigenvalue weighted by Gasteiger charge is 2.34. The normalized spacial score (nSPS) is 17.1. The topological polar surface area (TPSA) is 56.3 Å². The average Bonchev–Trinajstić information content (AvgIpc) is 3.19. The molecule has 33 heavy (non-hydrogen) atoms. The third-order valence-corrected chi connectivity index (χ3v) is 6.25. The minimum absolute atomic E-state index is 0.0820. The number of nitrogens with zero attached hydrogens (tertiary/aromatic N) is 2. The van der Waals surface area contributed by atoms with Crippen LogP contribution >= 0.6 is 11.6 Å². The summed E-state index contributed by atoms with van der Waals surface area (Å²) in [6, 6.07) is 13.7. The first kappa shape index (κ1) is 23.5. The number of fused-ring (bicyclic) bond motifs is 1. The molecule has 0 saturated heterocycles. The van der Waals surface area contributed by atoms with Gasteiger partial charge in [-0.3, -0.25) is 0 Å². The summed E-state index contributed by atoms with van der Waals surface area (Å²) in [6.07, 6.45) is 1.98. The number of alkyl halides is 1. The highest BCUT2D eigenvalue weighted by atomic mass is 35.5. The van der Waals surface area contributed by atoms with Crippen LogP contribution in [-0.4, -0.2) is 36.5 Å². The van der Waals surface area contributed by atoms with E-state index in [1.165, 1.54) is 5.56 Å². The van der Waals surface area contributed by atoms with E-state index < -0.39 is 6.67 Å². The highest BCUT2D eigenvalue weighted by molar-refractivity contribution is 6.30. The summed E-state index contributed by atoms with van der Waals surface area (Å²) in [5, 5.41) is 4.20. The quantitative estimate of drug-likeness (QED) is 0.417. The number of anilines is 1. The Morgan fingerprint density at radius 1 is 1.09 bits per heavy atom. The molecule has 2 atom stereocenters. The van der Waals surface area contributed by atoms with Gasteiger partial charge in [-0.2, -0.15) is 0 Å². The molecule has 0 saturated carbocycles. The van der Waals surface area contributed by atoms with E-state index >= 15 is 0 Å². The first-order valence-corrected chi connectivity index (χ1v) is 11.7. The second-order valence-corrected chi connectivity index (χ2v) is 8.43. The number of methoxy groups -OCH3 is 1. The monoisotopic (exact) mass is 469 g/mol. The van der Waals surface area contributed by atoms with Gasteiger partial charge in [0.2, 0.25) is 0 Å². The zero-order valence-electron chi connectivity index (χ0n) is 19.2. The van der Waals surface area contributed by atoms with Crippen molar-refractivity contribution in [1.29, 1.82) is 0 Å². The maximum atomic E-state index is 12.9. The molecule has 174 valence electrons. The molecule has 0 amide bonds. The number of rotatable bonds is 9. The van der Waals surface area contributed by atoms with E-state index in [0.717, 1.165) is 40.4 Å². The smallest absolute Gasteiger partial charge is 0.148 e. The van der Waals surface area contributed by atoms with Gasteiger partial charge in [0.05, 0.1) is 42.9 Å². The van der Waals surface area contributed by atoms with E-state index in [1.807, 2.05) is 24.3 Å². The molecular weight excluding hydrogens is 441 g/mol. The lowest BCUT2D eigenvalue weighted by molar-refractivity contribution is 0.0393. The minimum atomic E-state index is -0.503. The molecule has 0 fully saturated rings. The van der Waals surface area contributed by atoms with E-state index in [1.54, 1.807) is 13.2 Å². The molecular formula is C26H29ClFN3O2. The van der Waals surface area contributed by atoms with Crippen LogP contribution in [-0.2, 0) is 24.0 Å². The van der Waals surface area contributed by atoms with Crippen molar-refractivity contribution in [3.63, 3.8) is 0 Å². The Morgan fingerprint density at radius 2 is 1.88 bits per heavy atom. The predicted octanol–water partition coefficient (Wildman–Crippen LogP) is 5.99. The molecule has 1 aliphatic carbocycles. The van der Waals surface area contributed by atoms with Gasteiger partial charge < -0.3 is 14.8 Å². The van der Waals surface area contributed by atoms with Gasteiger partial charge in [-0.15, -0.1) is 0 Å². The van der Waals surface area contributed by atoms with Crippen molar-refractivity contribution >= 4 is 17.4 Å². The summed E-state index contributed by atoms with van der Waals surface area (Å²) in [6.45, 7) is 3.70. The molecule has 0 bridgehead atoms. The number of aromatic nitrogens is 2. The summed E-state index contributed by atoms with van der Waals surface area (Å²) in [7, 11) is 1.62. The molecule has 2 aromatic carbocycles. The fourth-order valence-corrected chi connectivity index (χ4v) is 4.58. The molecule has 1 aromatic heterocycles. The van der Waals surface area contributed by atoms with Crippen LogP contribution in [0.1, 0.15) is 42.4 Å². The standard InChI is InChI=1S/C26H29ClFN3O2/c1-4-20-24(19-11-10-17(27)15-22(19)32-3)29-21(5-2)26(30-20)31-25-18-9-7-6-8-16(18)14-23(25)33-13-12-28/h6-11,15,23,25H,4-5,12-14H2,1-3H3,(H,30,31)/t23-,25+/m0/s1. The van der Waals surface area contributed by atoms with Gasteiger partial charge in [-0.05, 0) is 42.2 Å². The first-order chi connectivity index (χ1) is 16.1. The molecule has 7 heteroatoms. The second kappa shape index (κ2) is 10.5. The summed E-state index contributed by atoms with van der Waals surface area (Å²) in [4.78, 5) is 10.0. The van der Waals surface area contributed by atoms with Crippen LogP contribution in [0, 0.1) is 0 Å². The van der Waals surface area contributed by atoms with E-state index in [4.69, 9.17) is 31.0 Å². The number of hydrogen-bond acceptors (Lipinski definition) is 5. The summed E-state index contributed by atoms with van der Waals surface area (Å²) in [5.74, 6) is 1.40. The number of ether oxygens (including phenoxy) is 2. The maximum absolute atomic E-state index is 12.9. The largest absolute Gasteiger partial charge is 0.496 e. The van der Waals surface area contributed by atoms with E-state index in [0.29, 0.717) is 23.6 Å². The fraction of sp³-hybridized carbons (Fsp3) is 0.385. The molecule has 3 aromatic rings. The molecule has 0 unspecified atom stereocenters. The van der Waals surface area contributed by atoms with E-state index in [2.05, 4.69) is 31.3 Å². The SMILES string of the molecule is CCc1nc(-c2ccc(Cl)cc2OC)c(CC)nc1N[C@@H]1c2ccccc2C[C@@H]1OCCF. The van der Waals surface area contributed by atoms with Gasteiger partial charge in [0.25, 0.3) is 0 Å². The molecule has 5 nitrogen and oxygen atoms in total. The van der Waals surface area contributed by atoms with Gasteiger partial charge >= 0.3 is 0 Å². The summed E-state index contributed by atoms with van der Waals surface area (Å²) < 4.78 is 24.3. The van der Waals surface area contributed by atoms with Crippen LogP contribution in [0.15, 0.2) is 42.5 Å². The maximum Gasteiger partial charge on any atom is 0.148 e. The lowest BCUT2D eigenvalue weighted by Gasteiger charge is -2.24. The number of nitrogens with one attached hydrogen (secondary N) is 1. The van der Waals surface area contributed by atoms with Crippen molar-refractivity contribution in [2.24, 2.45) is 0 Å². The van der Waals surface area contributed by atoms with Gasteiger partial charge in [0.1, 0.15) is 18.2 Å². The van der Waals surface area contributed by atoms with Gasteiger partial charge in [0.15, 0.2) is 0 Å². The van der Waals surface area contributed by atoms with E-state index in [-0.39, 0.29) is 18.8 Å². The Hall–Kier alpha value is -2.70. The number of benzene rings is 2. The number of aryl methyl sites for hydroxylation is 2. The molecule has 0 radical (unpaired) electrons. The van der Waals surface area contributed by atoms with Crippen LogP contribution in [0.4, 0.5) is 10.2 Å². The Kier molecular flexibility index (Phi) is 7.46. The Labute approximate surface area is 199 Å². The molecule has 1 N–H and O–H groups in total. The molecule has 1 heterocycles. The highest BCUT2D eigenvalue weighted by Crippen LogP contribution is 2.38. The molecule has 4 rings (SSSR count). The third kappa shape index (κ3) is 4.82. The van der Waals surface area contributed by atoms with Gasteiger partial charge in [-0.25, -0.2) is 14.4 Å². The fourth-order valence-electron chi connectivity index (χ4n) is 4.42. The lowest BCUT2D eigenvalue weighted by atomic mass is 10.1. The van der Waals surface area contributed by atoms with Crippen LogP contribution in [0.3, 0.4) is 0 Å². The van der Waals surface area contributed by atoms with Crippen LogP contribution in [0.2, 0.25) is 5.02 Å². The zero-order valence-corrected chi connectivity index (χ0v) is 20.0. The van der Waals surface area contributed by atoms with Crippen molar-refractivity contribution in [2.45, 2.75) is 45.3 Å². The van der Waals surface area contributed by atoms with Gasteiger partial charge in [0, 0.05) is 17.0 Å². The number of hydrogen-bond donors (Lipinski definition) is 1. The lowest BCUT2D eigenvalue weighted by Crippen LogP contribution is -2.27. The van der Waals surface area contributed by atoms with Crippen LogP contribution in [0.5, 0.6) is 5.75 Å². The first-order valence-electron chi connectivity index (χ1n) is 11.3.